The fourth-order valence-corrected chi connectivity index (χ4v) is 1.85. The Balaban J connectivity index is 1.82. The van der Waals surface area contributed by atoms with Crippen LogP contribution < -0.4 is 11.1 Å². The second kappa shape index (κ2) is 6.34. The van der Waals surface area contributed by atoms with E-state index in [1.807, 2.05) is 0 Å². The van der Waals surface area contributed by atoms with E-state index in [-0.39, 0.29) is 0 Å². The molecule has 0 bridgehead atoms. The Morgan fingerprint density at radius 2 is 1.22 bits per heavy atom. The minimum Gasteiger partial charge on any atom is -0.326 e. The second-order valence-corrected chi connectivity index (χ2v) is 4.61. The van der Waals surface area contributed by atoms with Crippen molar-refractivity contribution >= 4 is 0 Å². The molecular weight excluding hydrogens is 220 g/mol. The molecule has 18 heavy (non-hydrogen) atoms. The maximum Gasteiger partial charge on any atom is 0.0208 e. The summed E-state index contributed by atoms with van der Waals surface area (Å²) in [4.78, 5) is 0. The normalized spacial score (nSPS) is 10.6. The van der Waals surface area contributed by atoms with E-state index in [1.165, 1.54) is 22.3 Å². The molecule has 2 nitrogen and oxygen atoms in total. The van der Waals surface area contributed by atoms with Crippen LogP contribution in [0.4, 0.5) is 0 Å². The number of rotatable bonds is 5. The van der Waals surface area contributed by atoms with Crippen molar-refractivity contribution in [3.05, 3.63) is 70.8 Å². The van der Waals surface area contributed by atoms with Crippen LogP contribution in [0, 0.1) is 6.92 Å². The van der Waals surface area contributed by atoms with Crippen molar-refractivity contribution in [3.8, 4) is 0 Å². The second-order valence-electron chi connectivity index (χ2n) is 4.61. The molecule has 0 aliphatic carbocycles. The van der Waals surface area contributed by atoms with Gasteiger partial charge in [-0.25, -0.2) is 0 Å². The van der Waals surface area contributed by atoms with E-state index < -0.39 is 0 Å². The van der Waals surface area contributed by atoms with Gasteiger partial charge in [-0.05, 0) is 23.6 Å². The van der Waals surface area contributed by atoms with Gasteiger partial charge in [0.15, 0.2) is 0 Å². The first-order valence-electron chi connectivity index (χ1n) is 6.32. The van der Waals surface area contributed by atoms with Crippen LogP contribution >= 0.6 is 0 Å². The average Bonchev–Trinajstić information content (AvgIpc) is 2.42. The molecule has 0 heterocycles. The van der Waals surface area contributed by atoms with Crippen LogP contribution in [0.2, 0.25) is 0 Å². The summed E-state index contributed by atoms with van der Waals surface area (Å²) in [5.74, 6) is 0. The quantitative estimate of drug-likeness (QED) is 0.843. The van der Waals surface area contributed by atoms with Gasteiger partial charge in [0.2, 0.25) is 0 Å². The van der Waals surface area contributed by atoms with Crippen LogP contribution in [0.15, 0.2) is 48.5 Å². The number of nitrogens with two attached hydrogens (primary N) is 1. The summed E-state index contributed by atoms with van der Waals surface area (Å²) >= 11 is 0. The number of benzene rings is 2. The Kier molecular flexibility index (Phi) is 4.51. The van der Waals surface area contributed by atoms with Crippen molar-refractivity contribution in [3.63, 3.8) is 0 Å². The van der Waals surface area contributed by atoms with Crippen LogP contribution in [0.25, 0.3) is 0 Å². The van der Waals surface area contributed by atoms with Gasteiger partial charge in [-0.15, -0.1) is 0 Å². The van der Waals surface area contributed by atoms with Gasteiger partial charge in [-0.3, -0.25) is 0 Å². The average molecular weight is 240 g/mol. The highest BCUT2D eigenvalue weighted by Gasteiger charge is 1.95. The Morgan fingerprint density at radius 3 is 1.72 bits per heavy atom. The van der Waals surface area contributed by atoms with E-state index in [0.29, 0.717) is 6.54 Å². The molecule has 2 aromatic rings. The van der Waals surface area contributed by atoms with Gasteiger partial charge in [-0.1, -0.05) is 54.1 Å². The zero-order chi connectivity index (χ0) is 12.8. The summed E-state index contributed by atoms with van der Waals surface area (Å²) < 4.78 is 0. The van der Waals surface area contributed by atoms with Crippen molar-refractivity contribution in [2.24, 2.45) is 5.73 Å². The summed E-state index contributed by atoms with van der Waals surface area (Å²) in [6.07, 6.45) is 0. The highest BCUT2D eigenvalue weighted by Crippen LogP contribution is 2.05. The first-order valence-corrected chi connectivity index (χ1v) is 6.32. The molecular formula is C16H20N2. The van der Waals surface area contributed by atoms with Gasteiger partial charge in [0.1, 0.15) is 0 Å². The van der Waals surface area contributed by atoms with E-state index in [9.17, 15) is 0 Å². The lowest BCUT2D eigenvalue weighted by Gasteiger charge is -2.06. The van der Waals surface area contributed by atoms with Crippen LogP contribution in [0.1, 0.15) is 22.3 Å². The van der Waals surface area contributed by atoms with Crippen molar-refractivity contribution in [1.82, 2.24) is 5.32 Å². The lowest BCUT2D eigenvalue weighted by Crippen LogP contribution is -2.12. The smallest absolute Gasteiger partial charge is 0.0208 e. The molecule has 2 rings (SSSR count). The van der Waals surface area contributed by atoms with Crippen LogP contribution in [-0.2, 0) is 19.6 Å². The van der Waals surface area contributed by atoms with Gasteiger partial charge in [0.25, 0.3) is 0 Å². The number of hydrogen-bond acceptors (Lipinski definition) is 2. The van der Waals surface area contributed by atoms with Crippen LogP contribution in [0.5, 0.6) is 0 Å². The van der Waals surface area contributed by atoms with Crippen LogP contribution in [-0.4, -0.2) is 0 Å². The van der Waals surface area contributed by atoms with Crippen molar-refractivity contribution in [1.29, 1.82) is 0 Å². The molecule has 2 heteroatoms. The van der Waals surface area contributed by atoms with E-state index in [4.69, 9.17) is 5.73 Å². The third kappa shape index (κ3) is 3.69. The third-order valence-corrected chi connectivity index (χ3v) is 3.04. The van der Waals surface area contributed by atoms with Gasteiger partial charge in [0.05, 0.1) is 0 Å². The fourth-order valence-electron chi connectivity index (χ4n) is 1.85. The standard InChI is InChI=1S/C16H20N2/c1-13-2-4-15(5-3-13)11-18-12-16-8-6-14(10-17)7-9-16/h2-9,18H,10-12,17H2,1H3. The maximum atomic E-state index is 5.57. The predicted octanol–water partition coefficient (Wildman–Crippen LogP) is 2.74. The SMILES string of the molecule is Cc1ccc(CNCc2ccc(CN)cc2)cc1. The lowest BCUT2D eigenvalue weighted by atomic mass is 10.1. The molecule has 0 saturated carbocycles. The monoisotopic (exact) mass is 240 g/mol. The minimum atomic E-state index is 0.608. The molecule has 2 aromatic carbocycles. The Bertz CT molecular complexity index is 471. The van der Waals surface area contributed by atoms with Gasteiger partial charge in [0, 0.05) is 19.6 Å². The molecule has 0 saturated heterocycles. The number of hydrogen-bond donors (Lipinski definition) is 2. The summed E-state index contributed by atoms with van der Waals surface area (Å²) in [6, 6.07) is 17.1. The van der Waals surface area contributed by atoms with Crippen molar-refractivity contribution in [2.45, 2.75) is 26.6 Å². The molecule has 0 fully saturated rings. The lowest BCUT2D eigenvalue weighted by molar-refractivity contribution is 0.693. The molecule has 0 aliphatic heterocycles. The zero-order valence-corrected chi connectivity index (χ0v) is 10.8. The Morgan fingerprint density at radius 1 is 0.778 bits per heavy atom. The summed E-state index contributed by atoms with van der Waals surface area (Å²) in [5.41, 5.74) is 10.7. The minimum absolute atomic E-state index is 0.608. The number of nitrogens with one attached hydrogen (secondary N) is 1. The molecule has 0 aliphatic rings. The molecule has 94 valence electrons. The molecule has 0 amide bonds. The zero-order valence-electron chi connectivity index (χ0n) is 10.8. The van der Waals surface area contributed by atoms with Gasteiger partial charge >= 0.3 is 0 Å². The highest BCUT2D eigenvalue weighted by atomic mass is 14.8. The molecule has 0 aromatic heterocycles. The maximum absolute atomic E-state index is 5.57. The summed E-state index contributed by atoms with van der Waals surface area (Å²) in [5, 5.41) is 3.44. The van der Waals surface area contributed by atoms with Gasteiger partial charge in [-0.2, -0.15) is 0 Å². The largest absolute Gasteiger partial charge is 0.326 e. The van der Waals surface area contributed by atoms with E-state index >= 15 is 0 Å². The molecule has 0 atom stereocenters. The number of aryl methyl sites for hydroxylation is 1. The molecule has 0 spiro atoms. The molecule has 3 N–H and O–H groups in total. The molecule has 0 radical (unpaired) electrons. The topological polar surface area (TPSA) is 38.0 Å². The van der Waals surface area contributed by atoms with E-state index in [1.54, 1.807) is 0 Å². The summed E-state index contributed by atoms with van der Waals surface area (Å²) in [7, 11) is 0. The van der Waals surface area contributed by atoms with E-state index in [0.717, 1.165) is 13.1 Å². The summed E-state index contributed by atoms with van der Waals surface area (Å²) in [6.45, 7) is 4.50. The molecule has 0 unspecified atom stereocenters. The Labute approximate surface area is 109 Å². The Hall–Kier alpha value is -1.64. The van der Waals surface area contributed by atoms with Crippen LogP contribution in [0.3, 0.4) is 0 Å². The van der Waals surface area contributed by atoms with E-state index in [2.05, 4.69) is 60.8 Å². The van der Waals surface area contributed by atoms with Crippen molar-refractivity contribution < 1.29 is 0 Å². The van der Waals surface area contributed by atoms with Gasteiger partial charge < -0.3 is 11.1 Å². The third-order valence-electron chi connectivity index (χ3n) is 3.04. The van der Waals surface area contributed by atoms with Crippen molar-refractivity contribution in [2.75, 3.05) is 0 Å². The first kappa shape index (κ1) is 12.8. The highest BCUT2D eigenvalue weighted by molar-refractivity contribution is 5.23. The first-order chi connectivity index (χ1) is 8.78. The predicted molar refractivity (Wildman–Crippen MR) is 76.1 cm³/mol. The fraction of sp³-hybridized carbons (Fsp3) is 0.250.